The fourth-order valence-electron chi connectivity index (χ4n) is 1.41. The normalized spacial score (nSPS) is 11.1. The average Bonchev–Trinajstić information content (AvgIpc) is 2.23. The van der Waals surface area contributed by atoms with E-state index < -0.39 is 0 Å². The molecule has 4 nitrogen and oxygen atoms in total. The molecule has 0 aliphatic rings. The van der Waals surface area contributed by atoms with Gasteiger partial charge in [0.15, 0.2) is 0 Å². The SMILES string of the molecule is COCCCc1nc(C(C)C)c(I)c(=O)[nH]1. The van der Waals surface area contributed by atoms with Gasteiger partial charge in [0.25, 0.3) is 5.56 Å². The standard InChI is InChI=1S/C11H17IN2O2/c1-7(2)10-9(12)11(15)14-8(13-10)5-4-6-16-3/h7H,4-6H2,1-3H3,(H,13,14,15). The summed E-state index contributed by atoms with van der Waals surface area (Å²) < 4.78 is 5.67. The molecular weight excluding hydrogens is 319 g/mol. The van der Waals surface area contributed by atoms with Gasteiger partial charge in [-0.1, -0.05) is 13.8 Å². The van der Waals surface area contributed by atoms with Gasteiger partial charge in [-0.25, -0.2) is 4.98 Å². The average molecular weight is 336 g/mol. The van der Waals surface area contributed by atoms with Crippen LogP contribution in [0.5, 0.6) is 0 Å². The molecule has 5 heteroatoms. The van der Waals surface area contributed by atoms with Gasteiger partial charge in [0, 0.05) is 20.1 Å². The van der Waals surface area contributed by atoms with Crippen LogP contribution in [-0.2, 0) is 11.2 Å². The number of nitrogens with zero attached hydrogens (tertiary/aromatic N) is 1. The number of ether oxygens (including phenoxy) is 1. The van der Waals surface area contributed by atoms with Crippen molar-refractivity contribution in [2.45, 2.75) is 32.6 Å². The Bertz CT molecular complexity index is 401. The summed E-state index contributed by atoms with van der Waals surface area (Å²) in [6.45, 7) is 4.78. The molecule has 0 bridgehead atoms. The van der Waals surface area contributed by atoms with E-state index in [0.717, 1.165) is 24.4 Å². The molecule has 0 aromatic carbocycles. The lowest BCUT2D eigenvalue weighted by Crippen LogP contribution is -2.19. The van der Waals surface area contributed by atoms with Crippen LogP contribution in [0.2, 0.25) is 0 Å². The molecule has 16 heavy (non-hydrogen) atoms. The second-order valence-corrected chi connectivity index (χ2v) is 5.04. The molecule has 0 saturated heterocycles. The number of hydrogen-bond acceptors (Lipinski definition) is 3. The first kappa shape index (κ1) is 13.6. The quantitative estimate of drug-likeness (QED) is 0.662. The van der Waals surface area contributed by atoms with Gasteiger partial charge in [-0.3, -0.25) is 4.79 Å². The third-order valence-electron chi connectivity index (χ3n) is 2.25. The first-order valence-electron chi connectivity index (χ1n) is 5.33. The molecule has 0 atom stereocenters. The van der Waals surface area contributed by atoms with Crippen LogP contribution in [0.25, 0.3) is 0 Å². The molecule has 0 saturated carbocycles. The van der Waals surface area contributed by atoms with Crippen LogP contribution in [-0.4, -0.2) is 23.7 Å². The summed E-state index contributed by atoms with van der Waals surface area (Å²) in [5.41, 5.74) is 0.850. The predicted octanol–water partition coefficient (Wildman–Crippen LogP) is 2.08. The van der Waals surface area contributed by atoms with Gasteiger partial charge >= 0.3 is 0 Å². The minimum absolute atomic E-state index is 0.0354. The smallest absolute Gasteiger partial charge is 0.264 e. The van der Waals surface area contributed by atoms with Crippen molar-refractivity contribution in [1.82, 2.24) is 9.97 Å². The van der Waals surface area contributed by atoms with Crippen molar-refractivity contribution in [2.75, 3.05) is 13.7 Å². The Morgan fingerprint density at radius 1 is 1.50 bits per heavy atom. The molecule has 1 rings (SSSR count). The van der Waals surface area contributed by atoms with Crippen molar-refractivity contribution in [3.05, 3.63) is 25.4 Å². The van der Waals surface area contributed by atoms with Crippen LogP contribution >= 0.6 is 22.6 Å². The fraction of sp³-hybridized carbons (Fsp3) is 0.636. The highest BCUT2D eigenvalue weighted by molar-refractivity contribution is 14.1. The number of H-pyrrole nitrogens is 1. The number of hydrogen-bond donors (Lipinski definition) is 1. The van der Waals surface area contributed by atoms with Crippen LogP contribution in [0.1, 0.15) is 37.7 Å². The zero-order valence-electron chi connectivity index (χ0n) is 9.84. The number of aromatic nitrogens is 2. The van der Waals surface area contributed by atoms with Crippen LogP contribution in [0.3, 0.4) is 0 Å². The van der Waals surface area contributed by atoms with E-state index in [-0.39, 0.29) is 11.5 Å². The van der Waals surface area contributed by atoms with Gasteiger partial charge < -0.3 is 9.72 Å². The summed E-state index contributed by atoms with van der Waals surface area (Å²) >= 11 is 2.05. The number of halogens is 1. The lowest BCUT2D eigenvalue weighted by molar-refractivity contribution is 0.194. The molecule has 0 amide bonds. The van der Waals surface area contributed by atoms with E-state index in [9.17, 15) is 4.79 Å². The second-order valence-electron chi connectivity index (χ2n) is 3.96. The molecule has 90 valence electrons. The second kappa shape index (κ2) is 6.34. The Kier molecular flexibility index (Phi) is 5.40. The Morgan fingerprint density at radius 3 is 2.75 bits per heavy atom. The van der Waals surface area contributed by atoms with Gasteiger partial charge in [0.1, 0.15) is 5.82 Å². The molecule has 0 radical (unpaired) electrons. The molecular formula is C11H17IN2O2. The van der Waals surface area contributed by atoms with Crippen LogP contribution in [0.15, 0.2) is 4.79 Å². The van der Waals surface area contributed by atoms with Gasteiger partial charge in [-0.2, -0.15) is 0 Å². The topological polar surface area (TPSA) is 55.0 Å². The number of methoxy groups -OCH3 is 1. The van der Waals surface area contributed by atoms with Crippen LogP contribution in [0.4, 0.5) is 0 Å². The van der Waals surface area contributed by atoms with Crippen molar-refractivity contribution >= 4 is 22.6 Å². The Labute approximate surface area is 109 Å². The molecule has 1 aromatic rings. The highest BCUT2D eigenvalue weighted by Gasteiger charge is 2.11. The van der Waals surface area contributed by atoms with Gasteiger partial charge in [-0.15, -0.1) is 0 Å². The molecule has 1 N–H and O–H groups in total. The third kappa shape index (κ3) is 3.55. The predicted molar refractivity (Wildman–Crippen MR) is 71.9 cm³/mol. The number of aryl methyl sites for hydroxylation is 1. The number of nitrogens with one attached hydrogen (secondary N) is 1. The van der Waals surface area contributed by atoms with E-state index >= 15 is 0 Å². The molecule has 0 aliphatic heterocycles. The van der Waals surface area contributed by atoms with E-state index in [0.29, 0.717) is 10.2 Å². The maximum Gasteiger partial charge on any atom is 0.264 e. The van der Waals surface area contributed by atoms with E-state index in [2.05, 4.69) is 32.6 Å². The van der Waals surface area contributed by atoms with Crippen molar-refractivity contribution < 1.29 is 4.74 Å². The minimum Gasteiger partial charge on any atom is -0.385 e. The Hall–Kier alpha value is -0.430. The highest BCUT2D eigenvalue weighted by atomic mass is 127. The third-order valence-corrected chi connectivity index (χ3v) is 3.29. The Balaban J connectivity index is 2.91. The molecule has 1 heterocycles. The maximum absolute atomic E-state index is 11.7. The lowest BCUT2D eigenvalue weighted by atomic mass is 10.1. The number of aromatic amines is 1. The van der Waals surface area contributed by atoms with Crippen molar-refractivity contribution in [1.29, 1.82) is 0 Å². The zero-order chi connectivity index (χ0) is 12.1. The molecule has 0 fully saturated rings. The summed E-state index contributed by atoms with van der Waals surface area (Å²) in [7, 11) is 1.67. The first-order valence-corrected chi connectivity index (χ1v) is 6.41. The monoisotopic (exact) mass is 336 g/mol. The van der Waals surface area contributed by atoms with E-state index in [1.54, 1.807) is 7.11 Å². The van der Waals surface area contributed by atoms with Gasteiger partial charge in [-0.05, 0) is 34.9 Å². The molecule has 1 aromatic heterocycles. The van der Waals surface area contributed by atoms with Gasteiger partial charge in [0.05, 0.1) is 9.26 Å². The van der Waals surface area contributed by atoms with Crippen LogP contribution in [0, 0.1) is 3.57 Å². The summed E-state index contributed by atoms with van der Waals surface area (Å²) in [5.74, 6) is 1.03. The van der Waals surface area contributed by atoms with Crippen molar-refractivity contribution in [3.63, 3.8) is 0 Å². The van der Waals surface area contributed by atoms with E-state index in [1.807, 2.05) is 13.8 Å². The fourth-order valence-corrected chi connectivity index (χ4v) is 2.29. The highest BCUT2D eigenvalue weighted by Crippen LogP contribution is 2.15. The number of rotatable bonds is 5. The maximum atomic E-state index is 11.7. The van der Waals surface area contributed by atoms with Crippen molar-refractivity contribution in [3.8, 4) is 0 Å². The minimum atomic E-state index is -0.0354. The van der Waals surface area contributed by atoms with Crippen LogP contribution < -0.4 is 5.56 Å². The first-order chi connectivity index (χ1) is 7.56. The van der Waals surface area contributed by atoms with E-state index in [1.165, 1.54) is 0 Å². The molecule has 0 aliphatic carbocycles. The van der Waals surface area contributed by atoms with Crippen molar-refractivity contribution in [2.24, 2.45) is 0 Å². The van der Waals surface area contributed by atoms with E-state index in [4.69, 9.17) is 4.74 Å². The zero-order valence-corrected chi connectivity index (χ0v) is 12.0. The largest absolute Gasteiger partial charge is 0.385 e. The summed E-state index contributed by atoms with van der Waals surface area (Å²) in [6, 6.07) is 0. The summed E-state index contributed by atoms with van der Waals surface area (Å²) in [4.78, 5) is 18.9. The Morgan fingerprint density at radius 2 is 2.19 bits per heavy atom. The van der Waals surface area contributed by atoms with Gasteiger partial charge in [0.2, 0.25) is 0 Å². The summed E-state index contributed by atoms with van der Waals surface area (Å²) in [6.07, 6.45) is 1.62. The molecule has 0 unspecified atom stereocenters. The summed E-state index contributed by atoms with van der Waals surface area (Å²) in [5, 5.41) is 0. The molecule has 0 spiro atoms. The lowest BCUT2D eigenvalue weighted by Gasteiger charge is -2.09.